The van der Waals surface area contributed by atoms with Crippen LogP contribution in [0.5, 0.6) is 11.5 Å². The van der Waals surface area contributed by atoms with Gasteiger partial charge in [-0.3, -0.25) is 0 Å². The average molecular weight is 371 g/mol. The van der Waals surface area contributed by atoms with Gasteiger partial charge in [-0.2, -0.15) is 0 Å². The van der Waals surface area contributed by atoms with E-state index in [4.69, 9.17) is 26.8 Å². The number of hydrogen-bond acceptors (Lipinski definition) is 3. The number of hydrogen-bond donors (Lipinski definition) is 1. The zero-order chi connectivity index (χ0) is 15.6. The van der Waals surface area contributed by atoms with Crippen LogP contribution < -0.4 is 15.2 Å². The molecule has 0 heterocycles. The van der Waals surface area contributed by atoms with Crippen molar-refractivity contribution in [2.24, 2.45) is 5.73 Å². The lowest BCUT2D eigenvalue weighted by Gasteiger charge is -2.19. The second kappa shape index (κ2) is 6.69. The van der Waals surface area contributed by atoms with Crippen LogP contribution >= 0.6 is 27.5 Å². The summed E-state index contributed by atoms with van der Waals surface area (Å²) in [5.41, 5.74) is 9.32. The summed E-state index contributed by atoms with van der Waals surface area (Å²) in [5, 5.41) is 0.432. The predicted molar refractivity (Wildman–Crippen MR) is 89.5 cm³/mol. The maximum atomic E-state index is 6.38. The summed E-state index contributed by atoms with van der Waals surface area (Å²) >= 11 is 9.78. The Morgan fingerprint density at radius 3 is 2.43 bits per heavy atom. The summed E-state index contributed by atoms with van der Waals surface area (Å²) in [6, 6.07) is 9.38. The fourth-order valence-corrected chi connectivity index (χ4v) is 2.78. The van der Waals surface area contributed by atoms with Crippen molar-refractivity contribution in [2.75, 3.05) is 14.2 Å². The van der Waals surface area contributed by atoms with Gasteiger partial charge >= 0.3 is 0 Å². The van der Waals surface area contributed by atoms with Crippen LogP contribution in [-0.4, -0.2) is 14.2 Å². The Morgan fingerprint density at radius 2 is 1.86 bits per heavy atom. The maximum Gasteiger partial charge on any atom is 0.146 e. The molecule has 1 atom stereocenters. The monoisotopic (exact) mass is 369 g/mol. The van der Waals surface area contributed by atoms with E-state index in [9.17, 15) is 0 Å². The molecule has 3 nitrogen and oxygen atoms in total. The van der Waals surface area contributed by atoms with Gasteiger partial charge in [0, 0.05) is 10.0 Å². The van der Waals surface area contributed by atoms with Gasteiger partial charge in [-0.15, -0.1) is 0 Å². The highest BCUT2D eigenvalue weighted by Gasteiger charge is 2.19. The van der Waals surface area contributed by atoms with Crippen molar-refractivity contribution in [3.8, 4) is 11.5 Å². The molecule has 0 amide bonds. The van der Waals surface area contributed by atoms with Gasteiger partial charge < -0.3 is 15.2 Å². The lowest BCUT2D eigenvalue weighted by atomic mass is 9.97. The number of aryl methyl sites for hydroxylation is 1. The smallest absolute Gasteiger partial charge is 0.146 e. The maximum absolute atomic E-state index is 6.38. The highest BCUT2D eigenvalue weighted by Crippen LogP contribution is 2.40. The van der Waals surface area contributed by atoms with Crippen LogP contribution in [0.15, 0.2) is 34.8 Å². The van der Waals surface area contributed by atoms with E-state index in [0.717, 1.165) is 21.2 Å². The molecule has 112 valence electrons. The number of methoxy groups -OCH3 is 2. The van der Waals surface area contributed by atoms with Gasteiger partial charge in [0.05, 0.1) is 20.3 Å². The van der Waals surface area contributed by atoms with Gasteiger partial charge in [0.15, 0.2) is 0 Å². The summed E-state index contributed by atoms with van der Waals surface area (Å²) in [5.74, 6) is 1.11. The van der Waals surface area contributed by atoms with E-state index in [-0.39, 0.29) is 6.04 Å². The molecule has 0 aromatic heterocycles. The van der Waals surface area contributed by atoms with Crippen molar-refractivity contribution in [3.63, 3.8) is 0 Å². The largest absolute Gasteiger partial charge is 0.495 e. The quantitative estimate of drug-likeness (QED) is 0.863. The molecule has 21 heavy (non-hydrogen) atoms. The van der Waals surface area contributed by atoms with Crippen LogP contribution in [-0.2, 0) is 0 Å². The second-order valence-corrected chi connectivity index (χ2v) is 5.92. The minimum atomic E-state index is -0.324. The van der Waals surface area contributed by atoms with Gasteiger partial charge in [-0.05, 0) is 36.2 Å². The zero-order valence-corrected chi connectivity index (χ0v) is 14.5. The van der Waals surface area contributed by atoms with Crippen molar-refractivity contribution >= 4 is 27.5 Å². The fourth-order valence-electron chi connectivity index (χ4n) is 2.20. The lowest BCUT2D eigenvalue weighted by molar-refractivity contribution is 0.390. The molecular formula is C16H17BrClNO2. The van der Waals surface area contributed by atoms with Crippen molar-refractivity contribution < 1.29 is 9.47 Å². The zero-order valence-electron chi connectivity index (χ0n) is 12.1. The van der Waals surface area contributed by atoms with Crippen LogP contribution in [0.2, 0.25) is 5.02 Å². The average Bonchev–Trinajstić information content (AvgIpc) is 2.49. The molecule has 2 aromatic rings. The first-order chi connectivity index (χ1) is 9.99. The molecule has 0 aliphatic carbocycles. The standard InChI is InChI=1S/C16H17BrClNO2/c1-9-8-10(4-6-12(9)17)15(19)11-5-7-13(20-2)14(18)16(11)21-3/h4-8,15H,19H2,1-3H3. The Kier molecular flexibility index (Phi) is 5.14. The molecule has 5 heteroatoms. The van der Waals surface area contributed by atoms with E-state index < -0.39 is 0 Å². The van der Waals surface area contributed by atoms with Gasteiger partial charge in [0.2, 0.25) is 0 Å². The first-order valence-electron chi connectivity index (χ1n) is 6.41. The van der Waals surface area contributed by atoms with Gasteiger partial charge in [0.25, 0.3) is 0 Å². The van der Waals surface area contributed by atoms with Gasteiger partial charge in [0.1, 0.15) is 16.5 Å². The molecule has 0 spiro atoms. The van der Waals surface area contributed by atoms with E-state index in [1.54, 1.807) is 20.3 Å². The Labute approximate surface area is 138 Å². The third kappa shape index (κ3) is 3.18. The minimum Gasteiger partial charge on any atom is -0.495 e. The van der Waals surface area contributed by atoms with Crippen LogP contribution in [0, 0.1) is 6.92 Å². The topological polar surface area (TPSA) is 44.5 Å². The van der Waals surface area contributed by atoms with Gasteiger partial charge in [-0.25, -0.2) is 0 Å². The van der Waals surface area contributed by atoms with Crippen molar-refractivity contribution in [1.82, 2.24) is 0 Å². The number of rotatable bonds is 4. The normalized spacial score (nSPS) is 12.1. The van der Waals surface area contributed by atoms with Gasteiger partial charge in [-0.1, -0.05) is 39.7 Å². The fraction of sp³-hybridized carbons (Fsp3) is 0.250. The van der Waals surface area contributed by atoms with Crippen LogP contribution in [0.3, 0.4) is 0 Å². The molecule has 0 aliphatic heterocycles. The second-order valence-electron chi connectivity index (χ2n) is 4.69. The Hall–Kier alpha value is -1.23. The van der Waals surface area contributed by atoms with E-state index in [0.29, 0.717) is 16.5 Å². The molecule has 2 aromatic carbocycles. The highest BCUT2D eigenvalue weighted by atomic mass is 79.9. The molecule has 0 saturated heterocycles. The first-order valence-corrected chi connectivity index (χ1v) is 7.58. The third-order valence-corrected chi connectivity index (χ3v) is 4.64. The first kappa shape index (κ1) is 16.1. The minimum absolute atomic E-state index is 0.324. The number of halogens is 2. The summed E-state index contributed by atoms with van der Waals surface area (Å²) < 4.78 is 11.7. The molecule has 0 bridgehead atoms. The number of ether oxygens (including phenoxy) is 2. The molecular weight excluding hydrogens is 354 g/mol. The van der Waals surface area contributed by atoms with Crippen molar-refractivity contribution in [1.29, 1.82) is 0 Å². The van der Waals surface area contributed by atoms with E-state index in [2.05, 4.69) is 15.9 Å². The van der Waals surface area contributed by atoms with Crippen molar-refractivity contribution in [3.05, 3.63) is 56.5 Å². The molecule has 0 aliphatic rings. The SMILES string of the molecule is COc1ccc(C(N)c2ccc(Br)c(C)c2)c(OC)c1Cl. The third-order valence-electron chi connectivity index (χ3n) is 3.39. The summed E-state index contributed by atoms with van der Waals surface area (Å²) in [6.07, 6.45) is 0. The molecule has 0 fully saturated rings. The van der Waals surface area contributed by atoms with Crippen LogP contribution in [0.1, 0.15) is 22.7 Å². The molecule has 0 saturated carbocycles. The number of benzene rings is 2. The van der Waals surface area contributed by atoms with Crippen LogP contribution in [0.4, 0.5) is 0 Å². The predicted octanol–water partition coefficient (Wildman–Crippen LogP) is 4.48. The molecule has 2 N–H and O–H groups in total. The summed E-state index contributed by atoms with van der Waals surface area (Å²) in [4.78, 5) is 0. The Morgan fingerprint density at radius 1 is 1.14 bits per heavy atom. The van der Waals surface area contributed by atoms with Crippen molar-refractivity contribution in [2.45, 2.75) is 13.0 Å². The number of nitrogens with two attached hydrogens (primary N) is 1. The molecule has 2 rings (SSSR count). The molecule has 1 unspecified atom stereocenters. The van der Waals surface area contributed by atoms with E-state index in [1.165, 1.54) is 0 Å². The summed E-state index contributed by atoms with van der Waals surface area (Å²) in [6.45, 7) is 2.03. The van der Waals surface area contributed by atoms with E-state index >= 15 is 0 Å². The summed E-state index contributed by atoms with van der Waals surface area (Å²) in [7, 11) is 3.14. The Balaban J connectivity index is 2.50. The van der Waals surface area contributed by atoms with Crippen LogP contribution in [0.25, 0.3) is 0 Å². The highest BCUT2D eigenvalue weighted by molar-refractivity contribution is 9.10. The Bertz CT molecular complexity index is 661. The molecule has 0 radical (unpaired) electrons. The lowest BCUT2D eigenvalue weighted by Crippen LogP contribution is -2.13. The van der Waals surface area contributed by atoms with E-state index in [1.807, 2.05) is 31.2 Å².